The molecule has 2 fully saturated rings. The van der Waals surface area contributed by atoms with Crippen LogP contribution in [0.4, 0.5) is 0 Å². The van der Waals surface area contributed by atoms with Gasteiger partial charge in [0.2, 0.25) is 10.0 Å². The molecular formula is C19H30N2O3S. The van der Waals surface area contributed by atoms with Gasteiger partial charge < -0.3 is 4.74 Å². The van der Waals surface area contributed by atoms with Crippen LogP contribution in [-0.2, 0) is 21.3 Å². The molecule has 0 aromatic heterocycles. The molecule has 2 aliphatic rings. The van der Waals surface area contributed by atoms with Crippen LogP contribution in [0.3, 0.4) is 0 Å². The summed E-state index contributed by atoms with van der Waals surface area (Å²) < 4.78 is 32.4. The van der Waals surface area contributed by atoms with Crippen LogP contribution in [0.25, 0.3) is 0 Å². The molecule has 25 heavy (non-hydrogen) atoms. The average molecular weight is 367 g/mol. The summed E-state index contributed by atoms with van der Waals surface area (Å²) in [5.74, 6) is 0.717. The van der Waals surface area contributed by atoms with Crippen LogP contribution in [0.5, 0.6) is 0 Å². The van der Waals surface area contributed by atoms with Crippen LogP contribution in [0, 0.1) is 11.3 Å². The summed E-state index contributed by atoms with van der Waals surface area (Å²) in [6.45, 7) is 11.7. The van der Waals surface area contributed by atoms with Crippen molar-refractivity contribution in [2.45, 2.75) is 38.6 Å². The lowest BCUT2D eigenvalue weighted by Crippen LogP contribution is -2.54. The molecule has 0 bridgehead atoms. The van der Waals surface area contributed by atoms with E-state index in [4.69, 9.17) is 4.74 Å². The molecule has 0 saturated carbocycles. The molecule has 1 aromatic carbocycles. The Labute approximate surface area is 152 Å². The minimum atomic E-state index is -3.41. The Bertz CT molecular complexity index is 690. The van der Waals surface area contributed by atoms with Crippen molar-refractivity contribution in [1.82, 2.24) is 9.21 Å². The third kappa shape index (κ3) is 4.42. The highest BCUT2D eigenvalue weighted by molar-refractivity contribution is 7.89. The number of likely N-dealkylation sites (tertiary alicyclic amines) is 1. The molecule has 2 heterocycles. The number of sulfonamides is 1. The summed E-state index contributed by atoms with van der Waals surface area (Å²) in [6, 6.07) is 7.42. The molecule has 0 aliphatic carbocycles. The van der Waals surface area contributed by atoms with E-state index in [1.54, 1.807) is 6.07 Å². The highest BCUT2D eigenvalue weighted by atomic mass is 32.2. The SMILES string of the molecule is CC(C)CC1(C)CN(Cc2cccc(S(=O)(=O)N3CCOCC3)c2)C1. The molecule has 2 saturated heterocycles. The van der Waals surface area contributed by atoms with Gasteiger partial charge in [0.05, 0.1) is 18.1 Å². The van der Waals surface area contributed by atoms with Crippen LogP contribution in [0.15, 0.2) is 29.2 Å². The van der Waals surface area contributed by atoms with Crippen molar-refractivity contribution in [3.8, 4) is 0 Å². The number of nitrogens with zero attached hydrogens (tertiary/aromatic N) is 2. The maximum absolute atomic E-state index is 12.8. The minimum absolute atomic E-state index is 0.400. The molecule has 0 N–H and O–H groups in total. The van der Waals surface area contributed by atoms with Gasteiger partial charge in [-0.15, -0.1) is 0 Å². The van der Waals surface area contributed by atoms with E-state index < -0.39 is 10.0 Å². The number of morpholine rings is 1. The van der Waals surface area contributed by atoms with E-state index in [1.807, 2.05) is 18.2 Å². The topological polar surface area (TPSA) is 49.9 Å². The number of rotatable bonds is 6. The van der Waals surface area contributed by atoms with Crippen LogP contribution in [-0.4, -0.2) is 57.0 Å². The smallest absolute Gasteiger partial charge is 0.243 e. The van der Waals surface area contributed by atoms with Gasteiger partial charge in [0.25, 0.3) is 0 Å². The Kier molecular flexibility index (Phi) is 5.54. The first-order chi connectivity index (χ1) is 11.8. The minimum Gasteiger partial charge on any atom is -0.379 e. The molecule has 5 nitrogen and oxygen atoms in total. The second-order valence-electron chi connectivity index (χ2n) is 8.22. The first-order valence-electron chi connectivity index (χ1n) is 9.18. The standard InChI is InChI=1S/C19H30N2O3S/c1-16(2)12-19(3)14-20(15-19)13-17-5-4-6-18(11-17)25(22,23)21-7-9-24-10-8-21/h4-6,11,16H,7-10,12-15H2,1-3H3. The van der Waals surface area contributed by atoms with Gasteiger partial charge in [-0.1, -0.05) is 32.9 Å². The first-order valence-corrected chi connectivity index (χ1v) is 10.6. The van der Waals surface area contributed by atoms with Crippen molar-refractivity contribution < 1.29 is 13.2 Å². The van der Waals surface area contributed by atoms with Crippen LogP contribution in [0.1, 0.15) is 32.8 Å². The summed E-state index contributed by atoms with van der Waals surface area (Å²) >= 11 is 0. The lowest BCUT2D eigenvalue weighted by Gasteiger charge is -2.49. The van der Waals surface area contributed by atoms with Gasteiger partial charge in [0.15, 0.2) is 0 Å². The second-order valence-corrected chi connectivity index (χ2v) is 10.2. The zero-order valence-corrected chi connectivity index (χ0v) is 16.4. The molecule has 0 radical (unpaired) electrons. The summed E-state index contributed by atoms with van der Waals surface area (Å²) in [5.41, 5.74) is 1.48. The fourth-order valence-corrected chi connectivity index (χ4v) is 5.74. The Balaban J connectivity index is 1.64. The van der Waals surface area contributed by atoms with Crippen molar-refractivity contribution in [1.29, 1.82) is 0 Å². The molecule has 3 rings (SSSR count). The summed E-state index contributed by atoms with van der Waals surface area (Å²) in [6.07, 6.45) is 1.24. The number of benzene rings is 1. The monoisotopic (exact) mass is 366 g/mol. The van der Waals surface area contributed by atoms with Crippen molar-refractivity contribution in [3.05, 3.63) is 29.8 Å². The van der Waals surface area contributed by atoms with Gasteiger partial charge in [-0.05, 0) is 35.4 Å². The van der Waals surface area contributed by atoms with Gasteiger partial charge >= 0.3 is 0 Å². The van der Waals surface area contributed by atoms with E-state index in [-0.39, 0.29) is 0 Å². The number of ether oxygens (including phenoxy) is 1. The van der Waals surface area contributed by atoms with Crippen LogP contribution < -0.4 is 0 Å². The molecule has 0 amide bonds. The molecule has 0 atom stereocenters. The van der Waals surface area contributed by atoms with Gasteiger partial charge in [-0.3, -0.25) is 4.90 Å². The van der Waals surface area contributed by atoms with Gasteiger partial charge in [-0.2, -0.15) is 4.31 Å². The summed E-state index contributed by atoms with van der Waals surface area (Å²) in [7, 11) is -3.41. The zero-order valence-electron chi connectivity index (χ0n) is 15.6. The molecule has 0 spiro atoms. The normalized spacial score (nSPS) is 22.1. The van der Waals surface area contributed by atoms with Gasteiger partial charge in [0.1, 0.15) is 0 Å². The van der Waals surface area contributed by atoms with Gasteiger partial charge in [0, 0.05) is 32.7 Å². The quantitative estimate of drug-likeness (QED) is 0.776. The first kappa shape index (κ1) is 18.8. The second kappa shape index (κ2) is 7.35. The molecule has 6 heteroatoms. The van der Waals surface area contributed by atoms with E-state index in [1.165, 1.54) is 10.7 Å². The van der Waals surface area contributed by atoms with E-state index in [0.717, 1.165) is 25.2 Å². The highest BCUT2D eigenvalue weighted by Gasteiger charge is 2.38. The molecule has 140 valence electrons. The Morgan fingerprint density at radius 2 is 1.88 bits per heavy atom. The zero-order chi connectivity index (χ0) is 18.1. The fourth-order valence-electron chi connectivity index (χ4n) is 4.26. The van der Waals surface area contributed by atoms with Crippen LogP contribution >= 0.6 is 0 Å². The fraction of sp³-hybridized carbons (Fsp3) is 0.684. The van der Waals surface area contributed by atoms with Crippen molar-refractivity contribution >= 4 is 10.0 Å². The van der Waals surface area contributed by atoms with Crippen molar-refractivity contribution in [2.24, 2.45) is 11.3 Å². The van der Waals surface area contributed by atoms with E-state index in [2.05, 4.69) is 25.7 Å². The number of hydrogen-bond acceptors (Lipinski definition) is 4. The Hall–Kier alpha value is -0.950. The van der Waals surface area contributed by atoms with E-state index >= 15 is 0 Å². The lowest BCUT2D eigenvalue weighted by atomic mass is 9.75. The van der Waals surface area contributed by atoms with Crippen LogP contribution in [0.2, 0.25) is 0 Å². The van der Waals surface area contributed by atoms with E-state index in [0.29, 0.717) is 42.5 Å². The highest BCUT2D eigenvalue weighted by Crippen LogP contribution is 2.37. The molecule has 0 unspecified atom stereocenters. The predicted octanol–water partition coefficient (Wildman–Crippen LogP) is 2.58. The predicted molar refractivity (Wildman–Crippen MR) is 98.9 cm³/mol. The summed E-state index contributed by atoms with van der Waals surface area (Å²) in [4.78, 5) is 2.81. The molecular weight excluding hydrogens is 336 g/mol. The average Bonchev–Trinajstić information content (AvgIpc) is 2.54. The largest absolute Gasteiger partial charge is 0.379 e. The molecule has 1 aromatic rings. The third-order valence-corrected chi connectivity index (χ3v) is 6.92. The lowest BCUT2D eigenvalue weighted by molar-refractivity contribution is -0.00640. The summed E-state index contributed by atoms with van der Waals surface area (Å²) in [5, 5.41) is 0. The van der Waals surface area contributed by atoms with Crippen molar-refractivity contribution in [3.63, 3.8) is 0 Å². The molecule has 2 aliphatic heterocycles. The Morgan fingerprint density at radius 3 is 2.52 bits per heavy atom. The van der Waals surface area contributed by atoms with Gasteiger partial charge in [-0.25, -0.2) is 8.42 Å². The number of hydrogen-bond donors (Lipinski definition) is 0. The maximum atomic E-state index is 12.8. The Morgan fingerprint density at radius 1 is 1.20 bits per heavy atom. The third-order valence-electron chi connectivity index (χ3n) is 5.02. The maximum Gasteiger partial charge on any atom is 0.243 e. The van der Waals surface area contributed by atoms with Crippen molar-refractivity contribution in [2.75, 3.05) is 39.4 Å². The van der Waals surface area contributed by atoms with E-state index in [9.17, 15) is 8.42 Å².